The largest absolute Gasteiger partial charge is 0.444 e. The van der Waals surface area contributed by atoms with Crippen LogP contribution in [0.5, 0.6) is 0 Å². The highest BCUT2D eigenvalue weighted by molar-refractivity contribution is 5.92. The minimum Gasteiger partial charge on any atom is -0.444 e. The van der Waals surface area contributed by atoms with Gasteiger partial charge in [-0.3, -0.25) is 9.59 Å². The minimum atomic E-state index is -0.998. The molecule has 2 N–H and O–H groups in total. The average molecular weight is 513 g/mol. The molecule has 1 aromatic rings. The van der Waals surface area contributed by atoms with Gasteiger partial charge in [-0.25, -0.2) is 4.79 Å². The van der Waals surface area contributed by atoms with Gasteiger partial charge in [0.05, 0.1) is 6.07 Å². The molecule has 8 nitrogen and oxygen atoms in total. The summed E-state index contributed by atoms with van der Waals surface area (Å²) in [5, 5.41) is 15.6. The quantitative estimate of drug-likeness (QED) is 0.448. The Kier molecular flexibility index (Phi) is 11.0. The molecule has 0 aliphatic heterocycles. The maximum absolute atomic E-state index is 14.0. The molecule has 204 valence electrons. The van der Waals surface area contributed by atoms with E-state index >= 15 is 0 Å². The summed E-state index contributed by atoms with van der Waals surface area (Å²) in [6, 6.07) is 5.89. The molecule has 1 aliphatic rings. The van der Waals surface area contributed by atoms with Gasteiger partial charge in [0.15, 0.2) is 0 Å². The summed E-state index contributed by atoms with van der Waals surface area (Å²) in [5.41, 5.74) is 1.83. The molecule has 0 bridgehead atoms. The van der Waals surface area contributed by atoms with Gasteiger partial charge in [0.2, 0.25) is 11.8 Å². The number of hydrogen-bond donors (Lipinski definition) is 2. The first kappa shape index (κ1) is 30.1. The van der Waals surface area contributed by atoms with Crippen molar-refractivity contribution in [1.29, 1.82) is 5.26 Å². The fourth-order valence-corrected chi connectivity index (χ4v) is 4.78. The van der Waals surface area contributed by atoms with Crippen LogP contribution in [0.2, 0.25) is 0 Å². The number of carbonyl (C=O) groups is 3. The van der Waals surface area contributed by atoms with Crippen LogP contribution in [0.4, 0.5) is 4.79 Å². The van der Waals surface area contributed by atoms with Crippen LogP contribution in [-0.4, -0.2) is 47.0 Å². The molecule has 0 spiro atoms. The minimum absolute atomic E-state index is 0.0405. The van der Waals surface area contributed by atoms with Crippen LogP contribution in [0.1, 0.15) is 95.9 Å². The van der Waals surface area contributed by atoms with Crippen molar-refractivity contribution in [3.05, 3.63) is 34.9 Å². The van der Waals surface area contributed by atoms with E-state index < -0.39 is 29.7 Å². The van der Waals surface area contributed by atoms with E-state index in [1.165, 1.54) is 4.90 Å². The zero-order chi connectivity index (χ0) is 27.8. The van der Waals surface area contributed by atoms with Gasteiger partial charge in [0.25, 0.3) is 0 Å². The first-order chi connectivity index (χ1) is 17.4. The summed E-state index contributed by atoms with van der Waals surface area (Å²) < 4.78 is 5.41. The fraction of sp³-hybridized carbons (Fsp3) is 0.655. The molecule has 0 saturated heterocycles. The molecule has 1 fully saturated rings. The summed E-state index contributed by atoms with van der Waals surface area (Å²) in [5.74, 6) is -1.03. The molecule has 2 rings (SSSR count). The van der Waals surface area contributed by atoms with Gasteiger partial charge in [0, 0.05) is 6.04 Å². The van der Waals surface area contributed by atoms with E-state index in [1.807, 2.05) is 45.9 Å². The number of nitrogens with one attached hydrogen (secondary N) is 2. The van der Waals surface area contributed by atoms with E-state index in [2.05, 4.69) is 16.7 Å². The van der Waals surface area contributed by atoms with Gasteiger partial charge in [-0.05, 0) is 64.5 Å². The summed E-state index contributed by atoms with van der Waals surface area (Å²) in [7, 11) is 0. The topological polar surface area (TPSA) is 112 Å². The summed E-state index contributed by atoms with van der Waals surface area (Å²) in [6.07, 6.45) is 4.94. The Bertz CT molecular complexity index is 989. The molecule has 1 aliphatic carbocycles. The number of hydrogen-bond acceptors (Lipinski definition) is 5. The maximum Gasteiger partial charge on any atom is 0.408 e. The standard InChI is InChI=1S/C29H44N4O4/c1-8-20(3)24(32-28(36)37-29(5,6)7)27(35)33(17-16-30)25(23-15-14-19(2)18-21(23)4)26(34)31-22-12-10-9-11-13-22/h14-15,18,20,22,24-25H,8-13,17H2,1-7H3,(H,31,34)(H,32,36). The third kappa shape index (κ3) is 8.77. The molecule has 1 saturated carbocycles. The van der Waals surface area contributed by atoms with E-state index in [1.54, 1.807) is 20.8 Å². The first-order valence-corrected chi connectivity index (χ1v) is 13.4. The molecule has 3 unspecified atom stereocenters. The third-order valence-electron chi connectivity index (χ3n) is 6.91. The lowest BCUT2D eigenvalue weighted by Crippen LogP contribution is -2.56. The van der Waals surface area contributed by atoms with Crippen LogP contribution >= 0.6 is 0 Å². The summed E-state index contributed by atoms with van der Waals surface area (Å²) in [4.78, 5) is 41.8. The van der Waals surface area contributed by atoms with E-state index in [4.69, 9.17) is 4.74 Å². The van der Waals surface area contributed by atoms with Gasteiger partial charge in [0.1, 0.15) is 24.2 Å². The van der Waals surface area contributed by atoms with Crippen LogP contribution in [0.25, 0.3) is 0 Å². The number of benzene rings is 1. The van der Waals surface area contributed by atoms with Gasteiger partial charge in [-0.15, -0.1) is 0 Å². The highest BCUT2D eigenvalue weighted by atomic mass is 16.6. The lowest BCUT2D eigenvalue weighted by atomic mass is 9.92. The van der Waals surface area contributed by atoms with Gasteiger partial charge < -0.3 is 20.3 Å². The molecule has 37 heavy (non-hydrogen) atoms. The van der Waals surface area contributed by atoms with Crippen molar-refractivity contribution in [2.75, 3.05) is 6.54 Å². The number of alkyl carbamates (subject to hydrolysis) is 1. The number of nitrogens with zero attached hydrogens (tertiary/aromatic N) is 2. The molecule has 3 atom stereocenters. The molecule has 0 aromatic heterocycles. The second-order valence-electron chi connectivity index (χ2n) is 11.2. The second kappa shape index (κ2) is 13.5. The molecule has 8 heteroatoms. The van der Waals surface area contributed by atoms with Crippen molar-refractivity contribution in [2.24, 2.45) is 5.92 Å². The Morgan fingerprint density at radius 2 is 1.81 bits per heavy atom. The highest BCUT2D eigenvalue weighted by Gasteiger charge is 2.39. The van der Waals surface area contributed by atoms with Gasteiger partial charge >= 0.3 is 6.09 Å². The van der Waals surface area contributed by atoms with Crippen molar-refractivity contribution in [3.8, 4) is 6.07 Å². The Balaban J connectivity index is 2.49. The Hall–Kier alpha value is -3.08. The smallest absolute Gasteiger partial charge is 0.408 e. The summed E-state index contributed by atoms with van der Waals surface area (Å²) >= 11 is 0. The van der Waals surface area contributed by atoms with Crippen LogP contribution < -0.4 is 10.6 Å². The molecule has 0 heterocycles. The SMILES string of the molecule is CCC(C)C(NC(=O)OC(C)(C)C)C(=O)N(CC#N)C(C(=O)NC1CCCCC1)c1ccc(C)cc1C. The zero-order valence-corrected chi connectivity index (χ0v) is 23.5. The second-order valence-corrected chi connectivity index (χ2v) is 11.2. The van der Waals surface area contributed by atoms with E-state index in [0.717, 1.165) is 43.2 Å². The lowest BCUT2D eigenvalue weighted by Gasteiger charge is -2.36. The first-order valence-electron chi connectivity index (χ1n) is 13.4. The van der Waals surface area contributed by atoms with Crippen molar-refractivity contribution in [1.82, 2.24) is 15.5 Å². The lowest BCUT2D eigenvalue weighted by molar-refractivity contribution is -0.143. The molecule has 3 amide bonds. The Morgan fingerprint density at radius 1 is 1.16 bits per heavy atom. The van der Waals surface area contributed by atoms with Crippen LogP contribution in [-0.2, 0) is 14.3 Å². The third-order valence-corrected chi connectivity index (χ3v) is 6.91. The van der Waals surface area contributed by atoms with Gasteiger partial charge in [-0.2, -0.15) is 5.26 Å². The molecular formula is C29H44N4O4. The number of amides is 3. The Labute approximate surface area is 222 Å². The number of aryl methyl sites for hydroxylation is 2. The fourth-order valence-electron chi connectivity index (χ4n) is 4.78. The average Bonchev–Trinajstić information content (AvgIpc) is 2.82. The van der Waals surface area contributed by atoms with Crippen molar-refractivity contribution < 1.29 is 19.1 Å². The number of rotatable bonds is 9. The molecule has 1 aromatic carbocycles. The van der Waals surface area contributed by atoms with Crippen molar-refractivity contribution >= 4 is 17.9 Å². The number of ether oxygens (including phenoxy) is 1. The van der Waals surface area contributed by atoms with E-state index in [9.17, 15) is 19.6 Å². The predicted octanol–water partition coefficient (Wildman–Crippen LogP) is 5.09. The van der Waals surface area contributed by atoms with Crippen molar-refractivity contribution in [3.63, 3.8) is 0 Å². The highest BCUT2D eigenvalue weighted by Crippen LogP contribution is 2.28. The maximum atomic E-state index is 14.0. The summed E-state index contributed by atoms with van der Waals surface area (Å²) in [6.45, 7) is 12.6. The van der Waals surface area contributed by atoms with E-state index in [-0.39, 0.29) is 24.4 Å². The van der Waals surface area contributed by atoms with Crippen LogP contribution in [0, 0.1) is 31.1 Å². The number of carbonyl (C=O) groups excluding carboxylic acids is 3. The predicted molar refractivity (Wildman–Crippen MR) is 144 cm³/mol. The van der Waals surface area contributed by atoms with E-state index in [0.29, 0.717) is 12.0 Å². The molecule has 0 radical (unpaired) electrons. The van der Waals surface area contributed by atoms with Crippen molar-refractivity contribution in [2.45, 2.75) is 111 Å². The van der Waals surface area contributed by atoms with Crippen LogP contribution in [0.15, 0.2) is 18.2 Å². The monoisotopic (exact) mass is 512 g/mol. The van der Waals surface area contributed by atoms with Gasteiger partial charge in [-0.1, -0.05) is 63.3 Å². The Morgan fingerprint density at radius 3 is 2.35 bits per heavy atom. The normalized spacial score (nSPS) is 16.6. The zero-order valence-electron chi connectivity index (χ0n) is 23.5. The number of nitriles is 1. The van der Waals surface area contributed by atoms with Crippen LogP contribution in [0.3, 0.4) is 0 Å². The molecular weight excluding hydrogens is 468 g/mol.